The first-order chi connectivity index (χ1) is 7.54. The number of halogens is 2. The lowest BCUT2D eigenvalue weighted by atomic mass is 10.0. The first-order valence-corrected chi connectivity index (χ1v) is 4.14. The molecule has 1 nitrogen and oxygen atoms in total. The van der Waals surface area contributed by atoms with E-state index < -0.39 is 17.7 Å². The molecule has 0 amide bonds. The van der Waals surface area contributed by atoms with Crippen molar-refractivity contribution >= 4 is 0 Å². The highest BCUT2D eigenvalue weighted by atomic mass is 19.1. The van der Waals surface area contributed by atoms with Crippen LogP contribution in [0, 0.1) is 11.6 Å². The van der Waals surface area contributed by atoms with Gasteiger partial charge in [-0.05, 0) is 18.3 Å². The summed E-state index contributed by atoms with van der Waals surface area (Å²) in [6, 6.07) is 1.33. The van der Waals surface area contributed by atoms with Crippen molar-refractivity contribution in [2.45, 2.75) is 6.02 Å². The van der Waals surface area contributed by atoms with E-state index >= 15 is 0 Å². The Hall–Kier alpha value is -1.64. The summed E-state index contributed by atoms with van der Waals surface area (Å²) in [6.07, 6.45) is 5.84. The van der Waals surface area contributed by atoms with E-state index in [0.717, 1.165) is 11.4 Å². The minimum Gasteiger partial charge on any atom is -0.380 e. The van der Waals surface area contributed by atoms with Gasteiger partial charge in [0.25, 0.3) is 0 Å². The van der Waals surface area contributed by atoms with Gasteiger partial charge in [-0.15, -0.1) is 0 Å². The Morgan fingerprint density at radius 2 is 2.21 bits per heavy atom. The average molecular weight is 195 g/mol. The zero-order chi connectivity index (χ0) is 11.8. The monoisotopic (exact) mass is 195 g/mol. The van der Waals surface area contributed by atoms with Crippen molar-refractivity contribution in [1.82, 2.24) is 5.31 Å². The van der Waals surface area contributed by atoms with Crippen molar-refractivity contribution < 1.29 is 11.6 Å². The first kappa shape index (κ1) is 6.76. The Morgan fingerprint density at radius 1 is 1.36 bits per heavy atom. The van der Waals surface area contributed by atoms with E-state index in [1.165, 1.54) is 18.3 Å². The normalized spacial score (nSPS) is 27.4. The lowest BCUT2D eigenvalue weighted by Gasteiger charge is -2.16. The van der Waals surface area contributed by atoms with Crippen molar-refractivity contribution in [2.75, 3.05) is 0 Å². The summed E-state index contributed by atoms with van der Waals surface area (Å²) in [5.74, 6) is -1.52. The van der Waals surface area contributed by atoms with Gasteiger partial charge in [-0.3, -0.25) is 0 Å². The second-order valence-electron chi connectivity index (χ2n) is 2.84. The van der Waals surface area contributed by atoms with Crippen LogP contribution in [-0.2, 0) is 0 Å². The van der Waals surface area contributed by atoms with Crippen LogP contribution in [0.5, 0.6) is 0 Å². The second-order valence-corrected chi connectivity index (χ2v) is 2.84. The van der Waals surface area contributed by atoms with E-state index in [1.54, 1.807) is 12.2 Å². The third-order valence-electron chi connectivity index (χ3n) is 1.87. The van der Waals surface area contributed by atoms with Crippen LogP contribution in [0.2, 0.25) is 1.41 Å². The van der Waals surface area contributed by atoms with Gasteiger partial charge in [0, 0.05) is 11.6 Å². The standard InChI is InChI=1S/C11H9F2N/c12-8-4-5-9(10(13)7-8)11-3-1-2-6-14-11/h1-7,11,14H/i11D/hD. The quantitative estimate of drug-likeness (QED) is 0.726. The molecule has 0 bridgehead atoms. The molecule has 1 unspecified atom stereocenters. The molecule has 1 aromatic rings. The van der Waals surface area contributed by atoms with Gasteiger partial charge in [0.05, 0.1) is 7.39 Å². The molecule has 1 heterocycles. The highest BCUT2D eigenvalue weighted by Gasteiger charge is 2.12. The molecule has 14 heavy (non-hydrogen) atoms. The molecule has 0 saturated heterocycles. The summed E-state index contributed by atoms with van der Waals surface area (Å²) in [7, 11) is 0. The summed E-state index contributed by atoms with van der Waals surface area (Å²) < 4.78 is 41.8. The van der Waals surface area contributed by atoms with E-state index in [2.05, 4.69) is 0 Å². The van der Waals surface area contributed by atoms with Crippen LogP contribution >= 0.6 is 0 Å². The molecule has 72 valence electrons. The van der Waals surface area contributed by atoms with Crippen molar-refractivity contribution in [3.05, 3.63) is 59.8 Å². The molecule has 0 aliphatic carbocycles. The number of hydrogen-bond acceptors (Lipinski definition) is 1. The molecule has 0 fully saturated rings. The molecule has 0 saturated carbocycles. The van der Waals surface area contributed by atoms with Crippen LogP contribution < -0.4 is 5.31 Å². The maximum Gasteiger partial charge on any atom is 0.160 e. The number of hydrogen-bond donors (Lipinski definition) is 1. The van der Waals surface area contributed by atoms with E-state index in [9.17, 15) is 8.78 Å². The van der Waals surface area contributed by atoms with Crippen molar-refractivity contribution in [3.63, 3.8) is 0 Å². The number of nitrogens with one attached hydrogen (secondary N) is 1. The van der Waals surface area contributed by atoms with Gasteiger partial charge in [0.2, 0.25) is 0 Å². The van der Waals surface area contributed by atoms with Gasteiger partial charge < -0.3 is 5.31 Å². The Bertz CT molecular complexity index is 473. The fourth-order valence-electron chi connectivity index (χ4n) is 1.22. The van der Waals surface area contributed by atoms with Crippen LogP contribution in [0.3, 0.4) is 0 Å². The lowest BCUT2D eigenvalue weighted by Crippen LogP contribution is -2.16. The Kier molecular flexibility index (Phi) is 1.75. The lowest BCUT2D eigenvalue weighted by molar-refractivity contribution is 0.558. The predicted octanol–water partition coefficient (Wildman–Crippen LogP) is 2.68. The topological polar surface area (TPSA) is 12.0 Å². The molecule has 1 aliphatic heterocycles. The highest BCUT2D eigenvalue weighted by molar-refractivity contribution is 5.28. The molecule has 2 rings (SSSR count). The summed E-state index contributed by atoms with van der Waals surface area (Å²) in [5.41, 5.74) is -0.0514. The molecule has 1 aromatic carbocycles. The zero-order valence-corrected chi connectivity index (χ0v) is 7.24. The third kappa shape index (κ3) is 1.66. The summed E-state index contributed by atoms with van der Waals surface area (Å²) >= 11 is 0. The molecule has 0 aromatic heterocycles. The second kappa shape index (κ2) is 3.62. The maximum absolute atomic E-state index is 13.5. The first-order valence-electron chi connectivity index (χ1n) is 5.08. The van der Waals surface area contributed by atoms with Gasteiger partial charge in [-0.1, -0.05) is 18.2 Å². The Labute approximate surface area is 83.6 Å². The number of dihydropyridines is 1. The highest BCUT2D eigenvalue weighted by Crippen LogP contribution is 2.20. The van der Waals surface area contributed by atoms with E-state index in [0.29, 0.717) is 6.07 Å². The van der Waals surface area contributed by atoms with Gasteiger partial charge in [-0.25, -0.2) is 8.78 Å². The smallest absolute Gasteiger partial charge is 0.160 e. The van der Waals surface area contributed by atoms with Crippen molar-refractivity contribution in [1.29, 1.82) is 0 Å². The van der Waals surface area contributed by atoms with E-state index in [-0.39, 0.29) is 5.56 Å². The Morgan fingerprint density at radius 3 is 2.93 bits per heavy atom. The zero-order valence-electron chi connectivity index (χ0n) is 9.24. The van der Waals surface area contributed by atoms with E-state index in [1.807, 2.05) is 0 Å². The SMILES string of the molecule is [2H]N1C=CC=CC1([2H])c1ccc(F)cc1F. The van der Waals surface area contributed by atoms with Crippen LogP contribution in [0.15, 0.2) is 42.6 Å². The van der Waals surface area contributed by atoms with Crippen LogP contribution in [0.1, 0.15) is 13.0 Å². The molecular weight excluding hydrogens is 184 g/mol. The summed E-state index contributed by atoms with van der Waals surface area (Å²) in [5, 5.41) is 0.809. The molecule has 1 atom stereocenters. The largest absolute Gasteiger partial charge is 0.380 e. The molecular formula is C11H9F2N. The van der Waals surface area contributed by atoms with Crippen LogP contribution in [0.4, 0.5) is 8.78 Å². The Balaban J connectivity index is 2.51. The van der Waals surface area contributed by atoms with Gasteiger partial charge in [0.15, 0.2) is 1.41 Å². The minimum absolute atomic E-state index is 0.0514. The van der Waals surface area contributed by atoms with E-state index in [4.69, 9.17) is 2.78 Å². The van der Waals surface area contributed by atoms with Gasteiger partial charge >= 0.3 is 0 Å². The minimum atomic E-state index is -1.65. The summed E-state index contributed by atoms with van der Waals surface area (Å²) in [4.78, 5) is 0. The molecule has 1 N–H and O–H groups in total. The molecule has 3 heteroatoms. The van der Waals surface area contributed by atoms with Crippen molar-refractivity contribution in [2.24, 2.45) is 0 Å². The summed E-state index contributed by atoms with van der Waals surface area (Å²) in [6.45, 7) is 0. The third-order valence-corrected chi connectivity index (χ3v) is 1.87. The number of rotatable bonds is 1. The average Bonchev–Trinajstić information content (AvgIpc) is 2.22. The number of benzene rings is 1. The van der Waals surface area contributed by atoms with Gasteiger partial charge in [0.1, 0.15) is 11.6 Å². The fraction of sp³-hybridized carbons (Fsp3) is 0.0909. The van der Waals surface area contributed by atoms with Gasteiger partial charge in [-0.2, -0.15) is 0 Å². The maximum atomic E-state index is 13.5. The number of allylic oxidation sites excluding steroid dienone is 2. The van der Waals surface area contributed by atoms with Crippen LogP contribution in [-0.4, -0.2) is 0 Å². The fourth-order valence-corrected chi connectivity index (χ4v) is 1.22. The molecule has 1 aliphatic rings. The predicted molar refractivity (Wildman–Crippen MR) is 50.5 cm³/mol. The van der Waals surface area contributed by atoms with Crippen molar-refractivity contribution in [3.8, 4) is 0 Å². The van der Waals surface area contributed by atoms with Crippen LogP contribution in [0.25, 0.3) is 0 Å². The molecule has 0 radical (unpaired) electrons. The molecule has 0 spiro atoms.